The molecule has 5 nitrogen and oxygen atoms in total. The van der Waals surface area contributed by atoms with Gasteiger partial charge in [0, 0.05) is 31.4 Å². The van der Waals surface area contributed by atoms with Crippen molar-refractivity contribution in [2.45, 2.75) is 19.9 Å². The molecule has 2 amide bonds. The van der Waals surface area contributed by atoms with Crippen LogP contribution in [-0.4, -0.2) is 43.4 Å². The van der Waals surface area contributed by atoms with Crippen LogP contribution in [0.2, 0.25) is 0 Å². The molecule has 138 valence electrons. The lowest BCUT2D eigenvalue weighted by molar-refractivity contribution is -0.116. The van der Waals surface area contributed by atoms with E-state index in [0.717, 1.165) is 0 Å². The Morgan fingerprint density at radius 2 is 1.73 bits per heavy atom. The van der Waals surface area contributed by atoms with Gasteiger partial charge in [-0.05, 0) is 44.2 Å². The zero-order valence-electron chi connectivity index (χ0n) is 15.5. The highest BCUT2D eigenvalue weighted by atomic mass is 19.1. The topological polar surface area (TPSA) is 52.7 Å². The van der Waals surface area contributed by atoms with Crippen molar-refractivity contribution in [3.05, 3.63) is 59.9 Å². The lowest BCUT2D eigenvalue weighted by Crippen LogP contribution is -2.35. The molecule has 6 heteroatoms. The molecule has 0 atom stereocenters. The molecule has 26 heavy (non-hydrogen) atoms. The monoisotopic (exact) mass is 357 g/mol. The molecule has 0 saturated carbocycles. The predicted molar refractivity (Wildman–Crippen MR) is 102 cm³/mol. The van der Waals surface area contributed by atoms with E-state index in [-0.39, 0.29) is 24.4 Å². The van der Waals surface area contributed by atoms with Gasteiger partial charge in [-0.3, -0.25) is 9.59 Å². The molecule has 0 saturated heterocycles. The number of halogens is 1. The summed E-state index contributed by atoms with van der Waals surface area (Å²) in [6.07, 6.45) is 0. The minimum atomic E-state index is -0.410. The van der Waals surface area contributed by atoms with Crippen molar-refractivity contribution in [1.82, 2.24) is 4.90 Å². The molecule has 0 unspecified atom stereocenters. The van der Waals surface area contributed by atoms with E-state index in [1.54, 1.807) is 43.4 Å². The molecule has 0 spiro atoms. The average Bonchev–Trinajstić information content (AvgIpc) is 2.61. The van der Waals surface area contributed by atoms with Crippen molar-refractivity contribution in [2.75, 3.05) is 30.9 Å². The van der Waals surface area contributed by atoms with Crippen LogP contribution in [-0.2, 0) is 4.79 Å². The van der Waals surface area contributed by atoms with Gasteiger partial charge in [0.1, 0.15) is 5.82 Å². The first-order chi connectivity index (χ1) is 12.3. The van der Waals surface area contributed by atoms with Gasteiger partial charge in [0.2, 0.25) is 5.91 Å². The Kier molecular flexibility index (Phi) is 6.33. The average molecular weight is 357 g/mol. The summed E-state index contributed by atoms with van der Waals surface area (Å²) in [5, 5.41) is 2.62. The molecule has 1 N–H and O–H groups in total. The lowest BCUT2D eigenvalue weighted by Gasteiger charge is -2.24. The van der Waals surface area contributed by atoms with Crippen LogP contribution in [0.3, 0.4) is 0 Å². The molecule has 0 bridgehead atoms. The third-order valence-corrected chi connectivity index (χ3v) is 4.13. The smallest absolute Gasteiger partial charge is 0.254 e. The van der Waals surface area contributed by atoms with Crippen molar-refractivity contribution >= 4 is 23.2 Å². The third-order valence-electron chi connectivity index (χ3n) is 4.13. The first-order valence-corrected chi connectivity index (χ1v) is 8.42. The second kappa shape index (κ2) is 8.47. The number of nitrogens with zero attached hydrogens (tertiary/aromatic N) is 2. The molecular weight excluding hydrogens is 333 g/mol. The van der Waals surface area contributed by atoms with E-state index >= 15 is 0 Å². The Hall–Kier alpha value is -2.89. The van der Waals surface area contributed by atoms with Gasteiger partial charge in [0.05, 0.1) is 12.2 Å². The number of anilines is 2. The van der Waals surface area contributed by atoms with Crippen LogP contribution >= 0.6 is 0 Å². The Balaban J connectivity index is 1.99. The summed E-state index contributed by atoms with van der Waals surface area (Å²) in [6.45, 7) is 3.81. The third kappa shape index (κ3) is 4.81. The summed E-state index contributed by atoms with van der Waals surface area (Å²) in [7, 11) is 3.36. The quantitative estimate of drug-likeness (QED) is 0.862. The largest absolute Gasteiger partial charge is 0.370 e. The van der Waals surface area contributed by atoms with Crippen molar-refractivity contribution in [3.63, 3.8) is 0 Å². The fourth-order valence-corrected chi connectivity index (χ4v) is 2.44. The fourth-order valence-electron chi connectivity index (χ4n) is 2.44. The Morgan fingerprint density at radius 1 is 1.08 bits per heavy atom. The fraction of sp³-hybridized carbons (Fsp3) is 0.300. The highest BCUT2D eigenvalue weighted by Gasteiger charge is 2.16. The van der Waals surface area contributed by atoms with Gasteiger partial charge in [0.25, 0.3) is 5.91 Å². The lowest BCUT2D eigenvalue weighted by atomic mass is 10.2. The van der Waals surface area contributed by atoms with E-state index in [2.05, 4.69) is 5.32 Å². The normalized spacial score (nSPS) is 10.5. The molecule has 0 fully saturated rings. The van der Waals surface area contributed by atoms with Gasteiger partial charge in [-0.25, -0.2) is 4.39 Å². The number of rotatable bonds is 6. The van der Waals surface area contributed by atoms with Crippen molar-refractivity contribution in [1.29, 1.82) is 0 Å². The van der Waals surface area contributed by atoms with Crippen molar-refractivity contribution in [2.24, 2.45) is 0 Å². The van der Waals surface area contributed by atoms with Crippen LogP contribution in [0, 0.1) is 5.82 Å². The SMILES string of the molecule is CC(C)N(C)c1ccc(NC(=O)CN(C)C(=O)c2ccccc2)cc1F. The summed E-state index contributed by atoms with van der Waals surface area (Å²) in [4.78, 5) is 27.5. The van der Waals surface area contributed by atoms with Gasteiger partial charge in [-0.2, -0.15) is 0 Å². The summed E-state index contributed by atoms with van der Waals surface area (Å²) in [5.41, 5.74) is 1.33. The Morgan fingerprint density at radius 3 is 2.31 bits per heavy atom. The number of nitrogens with one attached hydrogen (secondary N) is 1. The number of hydrogen-bond donors (Lipinski definition) is 1. The molecule has 0 heterocycles. The van der Waals surface area contributed by atoms with Crippen molar-refractivity contribution < 1.29 is 14.0 Å². The van der Waals surface area contributed by atoms with Crippen molar-refractivity contribution in [3.8, 4) is 0 Å². The van der Waals surface area contributed by atoms with E-state index in [1.807, 2.05) is 31.9 Å². The van der Waals surface area contributed by atoms with Gasteiger partial charge in [-0.15, -0.1) is 0 Å². The standard InChI is InChI=1S/C20H24FN3O2/c1-14(2)24(4)18-11-10-16(12-17(18)21)22-19(25)13-23(3)20(26)15-8-6-5-7-9-15/h5-12,14H,13H2,1-4H3,(H,22,25). The summed E-state index contributed by atoms with van der Waals surface area (Å²) in [5.74, 6) is -1.05. The molecular formula is C20H24FN3O2. The molecule has 0 aliphatic heterocycles. The summed E-state index contributed by atoms with van der Waals surface area (Å²) < 4.78 is 14.3. The summed E-state index contributed by atoms with van der Waals surface area (Å²) in [6, 6.07) is 13.4. The summed E-state index contributed by atoms with van der Waals surface area (Å²) >= 11 is 0. The van der Waals surface area contributed by atoms with E-state index in [9.17, 15) is 14.0 Å². The number of carbonyl (C=O) groups is 2. The maximum absolute atomic E-state index is 14.3. The van der Waals surface area contributed by atoms with Crippen LogP contribution in [0.4, 0.5) is 15.8 Å². The van der Waals surface area contributed by atoms with Crippen LogP contribution in [0.1, 0.15) is 24.2 Å². The molecule has 0 aliphatic carbocycles. The molecule has 2 aromatic rings. The van der Waals surface area contributed by atoms with E-state index in [4.69, 9.17) is 0 Å². The highest BCUT2D eigenvalue weighted by molar-refractivity contribution is 5.99. The predicted octanol–water partition coefficient (Wildman–Crippen LogP) is 3.38. The molecule has 2 rings (SSSR count). The highest BCUT2D eigenvalue weighted by Crippen LogP contribution is 2.23. The molecule has 0 aromatic heterocycles. The first-order valence-electron chi connectivity index (χ1n) is 8.42. The Bertz CT molecular complexity index is 778. The molecule has 2 aromatic carbocycles. The zero-order chi connectivity index (χ0) is 19.3. The van der Waals surface area contributed by atoms with Crippen LogP contribution in [0.25, 0.3) is 0 Å². The maximum atomic E-state index is 14.3. The number of carbonyl (C=O) groups excluding carboxylic acids is 2. The minimum Gasteiger partial charge on any atom is -0.370 e. The van der Waals surface area contributed by atoms with Crippen LogP contribution in [0.5, 0.6) is 0 Å². The van der Waals surface area contributed by atoms with Gasteiger partial charge in [-0.1, -0.05) is 18.2 Å². The molecule has 0 radical (unpaired) electrons. The number of amides is 2. The zero-order valence-corrected chi connectivity index (χ0v) is 15.5. The number of hydrogen-bond acceptors (Lipinski definition) is 3. The van der Waals surface area contributed by atoms with E-state index in [1.165, 1.54) is 11.0 Å². The van der Waals surface area contributed by atoms with Gasteiger partial charge < -0.3 is 15.1 Å². The minimum absolute atomic E-state index is 0.122. The maximum Gasteiger partial charge on any atom is 0.254 e. The number of benzene rings is 2. The van der Waals surface area contributed by atoms with Gasteiger partial charge in [0.15, 0.2) is 0 Å². The van der Waals surface area contributed by atoms with E-state index in [0.29, 0.717) is 16.9 Å². The Labute approximate surface area is 153 Å². The first kappa shape index (κ1) is 19.4. The second-order valence-corrected chi connectivity index (χ2v) is 6.45. The van der Waals surface area contributed by atoms with Crippen LogP contribution < -0.4 is 10.2 Å². The van der Waals surface area contributed by atoms with E-state index < -0.39 is 5.82 Å². The van der Waals surface area contributed by atoms with Crippen LogP contribution in [0.15, 0.2) is 48.5 Å². The number of likely N-dealkylation sites (N-methyl/N-ethyl adjacent to an activating group) is 1. The second-order valence-electron chi connectivity index (χ2n) is 6.45. The van der Waals surface area contributed by atoms with Gasteiger partial charge >= 0.3 is 0 Å². The molecule has 0 aliphatic rings.